The van der Waals surface area contributed by atoms with Crippen LogP contribution in [0.5, 0.6) is 0 Å². The van der Waals surface area contributed by atoms with Gasteiger partial charge in [-0.2, -0.15) is 0 Å². The van der Waals surface area contributed by atoms with Gasteiger partial charge in [0, 0.05) is 0 Å². The second-order valence-electron chi connectivity index (χ2n) is 0.289. The average molecular weight is 67.4 g/mol. The van der Waals surface area contributed by atoms with Crippen LogP contribution in [-0.4, -0.2) is 23.1 Å². The lowest BCUT2D eigenvalue weighted by Gasteiger charge is -1.30. The van der Waals surface area contributed by atoms with Gasteiger partial charge in [-0.15, -0.1) is 6.58 Å². The Morgan fingerprint density at radius 1 is 1.50 bits per heavy atom. The zero-order valence-electron chi connectivity index (χ0n) is 1.99. The van der Waals surface area contributed by atoms with E-state index in [4.69, 9.17) is 0 Å². The molecule has 0 N–H and O–H groups in total. The molecular weight excluding hydrogens is 60.3 g/mol. The molecule has 0 spiro atoms. The molecule has 1 radical (unpaired) electrons. The van der Waals surface area contributed by atoms with Gasteiger partial charge >= 0.3 is 23.1 Å². The molecule has 0 rings (SSSR count). The molecule has 0 saturated heterocycles. The summed E-state index contributed by atoms with van der Waals surface area (Å²) in [5.74, 6) is 0. The van der Waals surface area contributed by atoms with Crippen molar-refractivity contribution >= 4 is 23.1 Å². The number of rotatable bonds is 0. The summed E-state index contributed by atoms with van der Waals surface area (Å²) in [4.78, 5) is 0. The highest BCUT2D eigenvalue weighted by atomic mass is 24.3. The summed E-state index contributed by atoms with van der Waals surface area (Å²) >= 11 is 0. The molecule has 0 fully saturated rings. The molecule has 4 heavy (non-hydrogen) atoms. The van der Waals surface area contributed by atoms with Gasteiger partial charge in [-0.25, -0.2) is 0 Å². The molecule has 0 atom stereocenters. The van der Waals surface area contributed by atoms with Crippen LogP contribution in [0.1, 0.15) is 0 Å². The molecule has 0 aromatic rings. The fraction of sp³-hybridized carbons (Fsp3) is 0. The first-order valence-corrected chi connectivity index (χ1v) is 0.816. The molecule has 1 heteroatoms. The largest absolute Gasteiger partial charge is 0.316 e. The monoisotopic (exact) mass is 67.0 g/mol. The molecule has 0 amide bonds. The third-order valence-corrected chi connectivity index (χ3v) is 0. The second kappa shape index (κ2) is 9.71. The van der Waals surface area contributed by atoms with Crippen LogP contribution in [0.4, 0.5) is 0 Å². The van der Waals surface area contributed by atoms with Crippen molar-refractivity contribution in [1.29, 1.82) is 0 Å². The van der Waals surface area contributed by atoms with Crippen LogP contribution in [0.2, 0.25) is 0 Å². The van der Waals surface area contributed by atoms with Gasteiger partial charge in [0.15, 0.2) is 0 Å². The molecule has 21 valence electrons. The Morgan fingerprint density at radius 2 is 1.50 bits per heavy atom. The van der Waals surface area contributed by atoms with Gasteiger partial charge < -0.3 is 0 Å². The van der Waals surface area contributed by atoms with E-state index >= 15 is 0 Å². The summed E-state index contributed by atoms with van der Waals surface area (Å²) in [6.07, 6.45) is 1.50. The van der Waals surface area contributed by atoms with Crippen LogP contribution in [0, 0.1) is 6.92 Å². The SMILES string of the molecule is [CH2]C=C.[MgH2]. The van der Waals surface area contributed by atoms with Gasteiger partial charge in [-0.05, 0) is 6.92 Å². The van der Waals surface area contributed by atoms with Crippen molar-refractivity contribution in [3.8, 4) is 0 Å². The highest BCUT2D eigenvalue weighted by molar-refractivity contribution is 5.75. The van der Waals surface area contributed by atoms with Crippen LogP contribution in [0.25, 0.3) is 0 Å². The van der Waals surface area contributed by atoms with E-state index in [1.54, 1.807) is 0 Å². The summed E-state index contributed by atoms with van der Waals surface area (Å²) < 4.78 is 0. The predicted molar refractivity (Wildman–Crippen MR) is 24.1 cm³/mol. The van der Waals surface area contributed by atoms with E-state index in [2.05, 4.69) is 13.5 Å². The van der Waals surface area contributed by atoms with E-state index in [1.165, 1.54) is 6.08 Å². The molecule has 0 aliphatic heterocycles. The van der Waals surface area contributed by atoms with Gasteiger partial charge in [0.2, 0.25) is 0 Å². The maximum atomic E-state index is 3.25. The van der Waals surface area contributed by atoms with Crippen molar-refractivity contribution < 1.29 is 0 Å². The lowest BCUT2D eigenvalue weighted by atomic mass is 10.8. The Balaban J connectivity index is 0. The van der Waals surface area contributed by atoms with E-state index in [1.807, 2.05) is 0 Å². The fourth-order valence-electron chi connectivity index (χ4n) is 0. The minimum absolute atomic E-state index is 0. The van der Waals surface area contributed by atoms with Gasteiger partial charge in [0.25, 0.3) is 0 Å². The normalized spacial score (nSPS) is 3.25. The lowest BCUT2D eigenvalue weighted by Crippen LogP contribution is -1.09. The molecule has 0 unspecified atom stereocenters. The predicted octanol–water partition coefficient (Wildman–Crippen LogP) is 0.0903. The molecule has 0 aliphatic carbocycles. The molecule has 0 saturated carbocycles. The lowest BCUT2D eigenvalue weighted by molar-refractivity contribution is 2.19. The Labute approximate surface area is 43.0 Å². The third kappa shape index (κ3) is 22.2. The minimum atomic E-state index is 0. The Morgan fingerprint density at radius 3 is 1.50 bits per heavy atom. The van der Waals surface area contributed by atoms with Crippen molar-refractivity contribution in [2.75, 3.05) is 0 Å². The molecule has 0 aromatic heterocycles. The van der Waals surface area contributed by atoms with E-state index in [-0.39, 0.29) is 23.1 Å². The smallest absolute Gasteiger partial charge is 0.103 e. The Hall–Kier alpha value is 0.506. The molecule has 0 bridgehead atoms. The summed E-state index contributed by atoms with van der Waals surface area (Å²) in [7, 11) is 0. The van der Waals surface area contributed by atoms with E-state index in [0.717, 1.165) is 0 Å². The summed E-state index contributed by atoms with van der Waals surface area (Å²) in [5.41, 5.74) is 0. The van der Waals surface area contributed by atoms with Gasteiger partial charge in [-0.3, -0.25) is 0 Å². The van der Waals surface area contributed by atoms with Crippen molar-refractivity contribution in [3.05, 3.63) is 19.6 Å². The maximum absolute atomic E-state index is 3.25. The molecular formula is C3H7Mg. The summed E-state index contributed by atoms with van der Waals surface area (Å²) in [6.45, 7) is 6.50. The van der Waals surface area contributed by atoms with E-state index < -0.39 is 0 Å². The highest BCUT2D eigenvalue weighted by Crippen LogP contribution is 1.36. The zero-order chi connectivity index (χ0) is 2.71. The molecule has 0 nitrogen and oxygen atoms in total. The third-order valence-electron chi connectivity index (χ3n) is 0. The van der Waals surface area contributed by atoms with Crippen molar-refractivity contribution in [1.82, 2.24) is 0 Å². The van der Waals surface area contributed by atoms with Crippen LogP contribution < -0.4 is 0 Å². The van der Waals surface area contributed by atoms with E-state index in [0.29, 0.717) is 0 Å². The van der Waals surface area contributed by atoms with Gasteiger partial charge in [0.05, 0.1) is 0 Å². The number of allylic oxidation sites excluding steroid dienone is 1. The van der Waals surface area contributed by atoms with Gasteiger partial charge in [0.1, 0.15) is 0 Å². The number of hydrogen-bond acceptors (Lipinski definition) is 0. The Bertz CT molecular complexity index is 10.8. The summed E-state index contributed by atoms with van der Waals surface area (Å²) in [5, 5.41) is 0. The quantitative estimate of drug-likeness (QED) is 0.352. The molecule has 0 aliphatic rings. The molecule has 0 aromatic carbocycles. The minimum Gasteiger partial charge on any atom is -0.103 e. The zero-order valence-corrected chi connectivity index (χ0v) is 1.99. The first-order valence-electron chi connectivity index (χ1n) is 0.816. The maximum Gasteiger partial charge on any atom is 0.316 e. The van der Waals surface area contributed by atoms with Gasteiger partial charge in [-0.1, -0.05) is 6.08 Å². The van der Waals surface area contributed by atoms with Crippen molar-refractivity contribution in [2.24, 2.45) is 0 Å². The topological polar surface area (TPSA) is 0 Å². The van der Waals surface area contributed by atoms with E-state index in [9.17, 15) is 0 Å². The van der Waals surface area contributed by atoms with Crippen molar-refractivity contribution in [2.45, 2.75) is 0 Å². The first-order chi connectivity index (χ1) is 1.41. The van der Waals surface area contributed by atoms with Crippen LogP contribution in [0.3, 0.4) is 0 Å². The van der Waals surface area contributed by atoms with Crippen LogP contribution in [0.15, 0.2) is 12.7 Å². The number of hydrogen-bond donors (Lipinski definition) is 0. The highest BCUT2D eigenvalue weighted by Gasteiger charge is 1.15. The second-order valence-corrected chi connectivity index (χ2v) is 0.289. The van der Waals surface area contributed by atoms with Crippen LogP contribution in [-0.2, 0) is 0 Å². The Kier molecular flexibility index (Phi) is 21.4. The molecule has 0 heterocycles. The summed E-state index contributed by atoms with van der Waals surface area (Å²) in [6, 6.07) is 0. The van der Waals surface area contributed by atoms with Crippen molar-refractivity contribution in [3.63, 3.8) is 0 Å². The fourth-order valence-corrected chi connectivity index (χ4v) is 0. The average Bonchev–Trinajstić information content (AvgIpc) is 0.918. The standard InChI is InChI=1S/C3H5.Mg.2H/c1-3-2;;;/h3H,1-2H2;;;. The van der Waals surface area contributed by atoms with Crippen LogP contribution >= 0.6 is 0 Å². The first kappa shape index (κ1) is 8.82.